The van der Waals surface area contributed by atoms with Gasteiger partial charge in [-0.25, -0.2) is 0 Å². The minimum atomic E-state index is 0.0303. The molecule has 0 aliphatic rings. The highest BCUT2D eigenvalue weighted by Crippen LogP contribution is 2.12. The third kappa shape index (κ3) is 5.50. The van der Waals surface area contributed by atoms with Crippen molar-refractivity contribution in [3.63, 3.8) is 0 Å². The number of nitrogens with one attached hydrogen (secondary N) is 1. The topological polar surface area (TPSA) is 38.3 Å². The Kier molecular flexibility index (Phi) is 5.83. The highest BCUT2D eigenvalue weighted by atomic mass is 16.5. The first-order chi connectivity index (χ1) is 12.3. The molecule has 0 aliphatic heterocycles. The van der Waals surface area contributed by atoms with E-state index < -0.39 is 0 Å². The number of hydrogen-bond donors (Lipinski definition) is 1. The summed E-state index contributed by atoms with van der Waals surface area (Å²) in [6.07, 6.45) is 0.407. The van der Waals surface area contributed by atoms with Gasteiger partial charge in [0.15, 0.2) is 0 Å². The van der Waals surface area contributed by atoms with Gasteiger partial charge in [-0.05, 0) is 28.8 Å². The second-order valence-electron chi connectivity index (χ2n) is 5.86. The van der Waals surface area contributed by atoms with Crippen molar-refractivity contribution in [2.24, 2.45) is 0 Å². The Morgan fingerprint density at radius 2 is 1.32 bits per heavy atom. The number of carbonyl (C=O) groups is 1. The molecule has 0 heterocycles. The fraction of sp³-hybridized carbons (Fsp3) is 0.136. The molecule has 3 nitrogen and oxygen atoms in total. The number of amides is 1. The molecule has 0 aliphatic carbocycles. The largest absolute Gasteiger partial charge is 0.489 e. The third-order valence-electron chi connectivity index (χ3n) is 3.87. The maximum Gasteiger partial charge on any atom is 0.224 e. The molecule has 0 bridgehead atoms. The van der Waals surface area contributed by atoms with Gasteiger partial charge in [-0.2, -0.15) is 0 Å². The Bertz CT molecular complexity index is 783. The molecule has 126 valence electrons. The summed E-state index contributed by atoms with van der Waals surface area (Å²) in [6.45, 7) is 1.07. The fourth-order valence-electron chi connectivity index (χ4n) is 2.48. The maximum absolute atomic E-state index is 12.0. The summed E-state index contributed by atoms with van der Waals surface area (Å²) in [5.41, 5.74) is 3.20. The molecule has 0 saturated carbocycles. The molecular weight excluding hydrogens is 310 g/mol. The minimum Gasteiger partial charge on any atom is -0.489 e. The first-order valence-electron chi connectivity index (χ1n) is 8.36. The van der Waals surface area contributed by atoms with Crippen LogP contribution in [0.1, 0.15) is 16.7 Å². The smallest absolute Gasteiger partial charge is 0.224 e. The summed E-state index contributed by atoms with van der Waals surface area (Å²) >= 11 is 0. The van der Waals surface area contributed by atoms with Gasteiger partial charge >= 0.3 is 0 Å². The van der Waals surface area contributed by atoms with E-state index in [1.54, 1.807) is 0 Å². The van der Waals surface area contributed by atoms with Crippen LogP contribution in [0.2, 0.25) is 0 Å². The van der Waals surface area contributed by atoms with Gasteiger partial charge in [-0.15, -0.1) is 0 Å². The third-order valence-corrected chi connectivity index (χ3v) is 3.87. The summed E-state index contributed by atoms with van der Waals surface area (Å²) in [5, 5.41) is 2.95. The number of ether oxygens (including phenoxy) is 1. The average molecular weight is 331 g/mol. The standard InChI is InChI=1S/C22H21NO2/c24-22(15-18-7-3-1-4-8-18)23-16-19-11-13-20(14-12-19)17-25-21-9-5-2-6-10-21/h1-14H,15-17H2,(H,23,24). The van der Waals surface area contributed by atoms with Crippen LogP contribution in [-0.2, 0) is 24.4 Å². The van der Waals surface area contributed by atoms with Crippen molar-refractivity contribution in [3.05, 3.63) is 102 Å². The van der Waals surface area contributed by atoms with Crippen molar-refractivity contribution in [2.75, 3.05) is 0 Å². The van der Waals surface area contributed by atoms with Gasteiger partial charge in [0.2, 0.25) is 5.91 Å². The second-order valence-corrected chi connectivity index (χ2v) is 5.86. The van der Waals surface area contributed by atoms with Crippen molar-refractivity contribution < 1.29 is 9.53 Å². The summed E-state index contributed by atoms with van der Waals surface area (Å²) in [4.78, 5) is 12.0. The monoisotopic (exact) mass is 331 g/mol. The van der Waals surface area contributed by atoms with Crippen LogP contribution in [-0.4, -0.2) is 5.91 Å². The molecule has 0 unspecified atom stereocenters. The lowest BCUT2D eigenvalue weighted by molar-refractivity contribution is -0.120. The molecule has 0 atom stereocenters. The predicted molar refractivity (Wildman–Crippen MR) is 99.2 cm³/mol. The van der Waals surface area contributed by atoms with E-state index in [-0.39, 0.29) is 5.91 Å². The van der Waals surface area contributed by atoms with Crippen LogP contribution >= 0.6 is 0 Å². The first kappa shape index (κ1) is 16.8. The highest BCUT2D eigenvalue weighted by Gasteiger charge is 2.03. The van der Waals surface area contributed by atoms with E-state index >= 15 is 0 Å². The number of rotatable bonds is 7. The number of benzene rings is 3. The van der Waals surface area contributed by atoms with E-state index in [9.17, 15) is 4.79 Å². The molecule has 0 fully saturated rings. The zero-order chi connectivity index (χ0) is 17.3. The number of para-hydroxylation sites is 1. The Hall–Kier alpha value is -3.07. The second kappa shape index (κ2) is 8.69. The average Bonchev–Trinajstić information content (AvgIpc) is 2.67. The molecule has 25 heavy (non-hydrogen) atoms. The molecule has 0 saturated heterocycles. The van der Waals surface area contributed by atoms with Crippen LogP contribution in [0.3, 0.4) is 0 Å². The van der Waals surface area contributed by atoms with Crippen molar-refractivity contribution in [1.29, 1.82) is 0 Å². The fourth-order valence-corrected chi connectivity index (χ4v) is 2.48. The van der Waals surface area contributed by atoms with Crippen LogP contribution in [0.25, 0.3) is 0 Å². The molecule has 1 amide bonds. The predicted octanol–water partition coefficient (Wildman–Crippen LogP) is 4.12. The van der Waals surface area contributed by atoms with E-state index in [0.29, 0.717) is 19.6 Å². The summed E-state index contributed by atoms with van der Waals surface area (Å²) in [5.74, 6) is 0.891. The highest BCUT2D eigenvalue weighted by molar-refractivity contribution is 5.78. The number of carbonyl (C=O) groups excluding carboxylic acids is 1. The van der Waals surface area contributed by atoms with Gasteiger partial charge in [0, 0.05) is 6.54 Å². The lowest BCUT2D eigenvalue weighted by Gasteiger charge is -2.08. The molecule has 3 aromatic carbocycles. The van der Waals surface area contributed by atoms with Crippen LogP contribution in [0.15, 0.2) is 84.9 Å². The molecule has 3 rings (SSSR count). The van der Waals surface area contributed by atoms with E-state index in [1.165, 1.54) is 0 Å². The quantitative estimate of drug-likeness (QED) is 0.707. The van der Waals surface area contributed by atoms with Crippen LogP contribution in [0.4, 0.5) is 0 Å². The van der Waals surface area contributed by atoms with Gasteiger partial charge in [0.1, 0.15) is 12.4 Å². The van der Waals surface area contributed by atoms with Gasteiger partial charge in [0.05, 0.1) is 6.42 Å². The van der Waals surface area contributed by atoms with Crippen LogP contribution in [0.5, 0.6) is 5.75 Å². The zero-order valence-electron chi connectivity index (χ0n) is 14.0. The normalized spacial score (nSPS) is 10.2. The Morgan fingerprint density at radius 1 is 0.720 bits per heavy atom. The molecule has 3 heteroatoms. The summed E-state index contributed by atoms with van der Waals surface area (Å²) < 4.78 is 5.73. The summed E-state index contributed by atoms with van der Waals surface area (Å²) in [7, 11) is 0. The first-order valence-corrected chi connectivity index (χ1v) is 8.36. The van der Waals surface area contributed by atoms with Gasteiger partial charge in [0.25, 0.3) is 0 Å². The summed E-state index contributed by atoms with van der Waals surface area (Å²) in [6, 6.07) is 27.6. The Balaban J connectivity index is 1.45. The Labute approximate surface area is 148 Å². The molecule has 0 aromatic heterocycles. The molecule has 1 N–H and O–H groups in total. The van der Waals surface area contributed by atoms with Crippen LogP contribution in [0, 0.1) is 0 Å². The van der Waals surface area contributed by atoms with Crippen molar-refractivity contribution >= 4 is 5.91 Å². The van der Waals surface area contributed by atoms with Gasteiger partial charge < -0.3 is 10.1 Å². The SMILES string of the molecule is O=C(Cc1ccccc1)NCc1ccc(COc2ccccc2)cc1. The molecule has 0 spiro atoms. The molecule has 0 radical (unpaired) electrons. The van der Waals surface area contributed by atoms with E-state index in [1.807, 2.05) is 84.9 Å². The van der Waals surface area contributed by atoms with Crippen molar-refractivity contribution in [3.8, 4) is 5.75 Å². The minimum absolute atomic E-state index is 0.0303. The van der Waals surface area contributed by atoms with Gasteiger partial charge in [-0.1, -0.05) is 72.8 Å². The lowest BCUT2D eigenvalue weighted by atomic mass is 10.1. The molecule has 3 aromatic rings. The van der Waals surface area contributed by atoms with Gasteiger partial charge in [-0.3, -0.25) is 4.79 Å². The lowest BCUT2D eigenvalue weighted by Crippen LogP contribution is -2.24. The van der Waals surface area contributed by atoms with E-state index in [4.69, 9.17) is 4.74 Å². The van der Waals surface area contributed by atoms with E-state index in [2.05, 4.69) is 5.32 Å². The van der Waals surface area contributed by atoms with Crippen molar-refractivity contribution in [2.45, 2.75) is 19.6 Å². The zero-order valence-corrected chi connectivity index (χ0v) is 14.0. The maximum atomic E-state index is 12.0. The van der Waals surface area contributed by atoms with E-state index in [0.717, 1.165) is 22.4 Å². The van der Waals surface area contributed by atoms with Crippen molar-refractivity contribution in [1.82, 2.24) is 5.32 Å². The van der Waals surface area contributed by atoms with Crippen LogP contribution < -0.4 is 10.1 Å². The number of hydrogen-bond acceptors (Lipinski definition) is 2. The Morgan fingerprint density at radius 3 is 2.00 bits per heavy atom. The molecular formula is C22H21NO2.